The predicted octanol–water partition coefficient (Wildman–Crippen LogP) is 4.06. The summed E-state index contributed by atoms with van der Waals surface area (Å²) in [6.45, 7) is 4.59. The number of piperidine rings is 3. The highest BCUT2D eigenvalue weighted by atomic mass is 32.2. The second-order valence-corrected chi connectivity index (χ2v) is 8.51. The van der Waals surface area contributed by atoms with Crippen molar-refractivity contribution in [2.75, 3.05) is 20.2 Å². The van der Waals surface area contributed by atoms with Gasteiger partial charge >= 0.3 is 0 Å². The molecule has 3 fully saturated rings. The van der Waals surface area contributed by atoms with Crippen LogP contribution in [0.15, 0.2) is 58.3 Å². The van der Waals surface area contributed by atoms with Crippen molar-refractivity contribution in [2.24, 2.45) is 5.92 Å². The third kappa shape index (κ3) is 3.85. The summed E-state index contributed by atoms with van der Waals surface area (Å²) in [5.41, 5.74) is 0.725. The summed E-state index contributed by atoms with van der Waals surface area (Å²) < 4.78 is 5.41. The lowest BCUT2D eigenvalue weighted by Crippen LogP contribution is -2.62. The highest BCUT2D eigenvalue weighted by Crippen LogP contribution is 2.35. The Kier molecular flexibility index (Phi) is 5.41. The SMILES string of the molecule is COc1ccccc1Sc1ccc(C(=O)N[C@@H]2C3CCN(CC3)[C@H]2C)cc1. The van der Waals surface area contributed by atoms with Crippen molar-refractivity contribution in [1.82, 2.24) is 10.2 Å². The van der Waals surface area contributed by atoms with Crippen LogP contribution in [0.1, 0.15) is 30.1 Å². The Labute approximate surface area is 165 Å². The van der Waals surface area contributed by atoms with Gasteiger partial charge in [0, 0.05) is 22.5 Å². The molecule has 0 spiro atoms. The number of methoxy groups -OCH3 is 1. The van der Waals surface area contributed by atoms with Crippen LogP contribution in [0.25, 0.3) is 0 Å². The predicted molar refractivity (Wildman–Crippen MR) is 109 cm³/mol. The van der Waals surface area contributed by atoms with Crippen molar-refractivity contribution in [1.29, 1.82) is 0 Å². The number of rotatable bonds is 5. The zero-order chi connectivity index (χ0) is 18.8. The summed E-state index contributed by atoms with van der Waals surface area (Å²) >= 11 is 1.64. The van der Waals surface area contributed by atoms with Crippen molar-refractivity contribution < 1.29 is 9.53 Å². The Morgan fingerprint density at radius 2 is 1.81 bits per heavy atom. The molecule has 0 saturated carbocycles. The van der Waals surface area contributed by atoms with Gasteiger partial charge in [-0.15, -0.1) is 0 Å². The zero-order valence-corrected chi connectivity index (χ0v) is 16.7. The molecule has 5 heteroatoms. The fourth-order valence-electron chi connectivity index (χ4n) is 4.28. The number of ether oxygens (including phenoxy) is 1. The van der Waals surface area contributed by atoms with Crippen molar-refractivity contribution in [3.63, 3.8) is 0 Å². The molecule has 0 aliphatic carbocycles. The number of amides is 1. The van der Waals surface area contributed by atoms with Crippen molar-refractivity contribution in [2.45, 2.75) is 41.6 Å². The molecule has 5 rings (SSSR count). The second-order valence-electron chi connectivity index (χ2n) is 7.39. The van der Waals surface area contributed by atoms with Gasteiger partial charge in [-0.3, -0.25) is 9.69 Å². The first-order chi connectivity index (χ1) is 13.2. The van der Waals surface area contributed by atoms with Gasteiger partial charge in [-0.25, -0.2) is 0 Å². The Balaban J connectivity index is 1.42. The molecule has 27 heavy (non-hydrogen) atoms. The highest BCUT2D eigenvalue weighted by molar-refractivity contribution is 7.99. The van der Waals surface area contributed by atoms with Gasteiger partial charge < -0.3 is 10.1 Å². The Bertz CT molecular complexity index is 798. The minimum absolute atomic E-state index is 0.0365. The lowest BCUT2D eigenvalue weighted by molar-refractivity contribution is 0.0217. The van der Waals surface area contributed by atoms with Gasteiger partial charge in [0.25, 0.3) is 5.91 Å². The van der Waals surface area contributed by atoms with E-state index in [1.54, 1.807) is 18.9 Å². The summed E-state index contributed by atoms with van der Waals surface area (Å²) in [5.74, 6) is 1.52. The summed E-state index contributed by atoms with van der Waals surface area (Å²) in [5, 5.41) is 3.30. The van der Waals surface area contributed by atoms with Crippen LogP contribution in [0.2, 0.25) is 0 Å². The van der Waals surface area contributed by atoms with Crippen LogP contribution in [-0.4, -0.2) is 43.1 Å². The van der Waals surface area contributed by atoms with Gasteiger partial charge in [-0.05, 0) is 75.2 Å². The van der Waals surface area contributed by atoms with E-state index in [9.17, 15) is 4.79 Å². The third-order valence-corrected chi connectivity index (χ3v) is 6.95. The molecule has 3 aliphatic rings. The van der Waals surface area contributed by atoms with E-state index in [1.807, 2.05) is 48.5 Å². The first kappa shape index (κ1) is 18.4. The first-order valence-corrected chi connectivity index (χ1v) is 10.4. The van der Waals surface area contributed by atoms with Crippen molar-refractivity contribution in [3.8, 4) is 5.75 Å². The van der Waals surface area contributed by atoms with Gasteiger partial charge in [0.2, 0.25) is 0 Å². The molecule has 1 N–H and O–H groups in total. The van der Waals surface area contributed by atoms with Crippen LogP contribution >= 0.6 is 11.8 Å². The smallest absolute Gasteiger partial charge is 0.251 e. The lowest BCUT2D eigenvalue weighted by Gasteiger charge is -2.49. The molecule has 142 valence electrons. The van der Waals surface area contributed by atoms with Gasteiger partial charge in [0.1, 0.15) is 5.75 Å². The Hall–Kier alpha value is -1.98. The van der Waals surface area contributed by atoms with Crippen LogP contribution in [-0.2, 0) is 0 Å². The third-order valence-electron chi connectivity index (χ3n) is 5.89. The van der Waals surface area contributed by atoms with Crippen LogP contribution in [0.3, 0.4) is 0 Å². The molecule has 4 nitrogen and oxygen atoms in total. The first-order valence-electron chi connectivity index (χ1n) is 9.61. The number of hydrogen-bond acceptors (Lipinski definition) is 4. The van der Waals surface area contributed by atoms with Crippen LogP contribution in [0, 0.1) is 5.92 Å². The van der Waals surface area contributed by atoms with Crippen LogP contribution in [0.5, 0.6) is 5.75 Å². The quantitative estimate of drug-likeness (QED) is 0.847. The molecule has 0 aromatic heterocycles. The average Bonchev–Trinajstić information content (AvgIpc) is 2.72. The molecule has 2 bridgehead atoms. The average molecular weight is 383 g/mol. The molecule has 1 amide bonds. The number of hydrogen-bond donors (Lipinski definition) is 1. The largest absolute Gasteiger partial charge is 0.496 e. The van der Waals surface area contributed by atoms with E-state index < -0.39 is 0 Å². The maximum Gasteiger partial charge on any atom is 0.251 e. The molecule has 0 radical (unpaired) electrons. The molecule has 2 aromatic carbocycles. The Morgan fingerprint density at radius 1 is 1.11 bits per heavy atom. The van der Waals surface area contributed by atoms with E-state index in [-0.39, 0.29) is 11.9 Å². The monoisotopic (exact) mass is 382 g/mol. The number of benzene rings is 2. The molecular formula is C22H26N2O2S. The molecule has 2 aromatic rings. The molecule has 3 heterocycles. The maximum atomic E-state index is 12.7. The van der Waals surface area contributed by atoms with Crippen molar-refractivity contribution >= 4 is 17.7 Å². The number of carbonyl (C=O) groups excluding carboxylic acids is 1. The molecule has 0 unspecified atom stereocenters. The van der Waals surface area contributed by atoms with E-state index in [0.29, 0.717) is 12.0 Å². The minimum atomic E-state index is 0.0365. The fraction of sp³-hybridized carbons (Fsp3) is 0.409. The summed E-state index contributed by atoms with van der Waals surface area (Å²) in [4.78, 5) is 17.4. The fourth-order valence-corrected chi connectivity index (χ4v) is 5.21. The summed E-state index contributed by atoms with van der Waals surface area (Å²) in [7, 11) is 1.68. The summed E-state index contributed by atoms with van der Waals surface area (Å²) in [6, 6.07) is 16.5. The Morgan fingerprint density at radius 3 is 2.48 bits per heavy atom. The topological polar surface area (TPSA) is 41.6 Å². The van der Waals surface area contributed by atoms with E-state index in [1.165, 1.54) is 25.9 Å². The minimum Gasteiger partial charge on any atom is -0.496 e. The number of carbonyl (C=O) groups is 1. The number of nitrogens with zero attached hydrogens (tertiary/aromatic N) is 1. The summed E-state index contributed by atoms with van der Waals surface area (Å²) in [6.07, 6.45) is 2.40. The van der Waals surface area contributed by atoms with E-state index in [0.717, 1.165) is 21.1 Å². The zero-order valence-electron chi connectivity index (χ0n) is 15.9. The van der Waals surface area contributed by atoms with Gasteiger partial charge in [-0.1, -0.05) is 23.9 Å². The van der Waals surface area contributed by atoms with Gasteiger partial charge in [0.05, 0.1) is 12.0 Å². The normalized spacial score (nSPS) is 26.6. The lowest BCUT2D eigenvalue weighted by atomic mass is 9.79. The van der Waals surface area contributed by atoms with Crippen molar-refractivity contribution in [3.05, 3.63) is 54.1 Å². The molecule has 2 atom stereocenters. The van der Waals surface area contributed by atoms with Gasteiger partial charge in [-0.2, -0.15) is 0 Å². The molecule has 3 aliphatic heterocycles. The number of para-hydroxylation sites is 1. The number of nitrogens with one attached hydrogen (secondary N) is 1. The maximum absolute atomic E-state index is 12.7. The standard InChI is InChI=1S/C22H26N2O2S/c1-15-21(16-11-13-24(15)14-12-16)23-22(25)17-7-9-18(10-8-17)27-20-6-4-3-5-19(20)26-2/h3-10,15-16,21H,11-14H2,1-2H3,(H,23,25)/t15-,21-/m0/s1. The second kappa shape index (κ2) is 7.95. The number of fused-ring (bicyclic) bond motifs is 3. The molecular weight excluding hydrogens is 356 g/mol. The van der Waals surface area contributed by atoms with Crippen LogP contribution < -0.4 is 10.1 Å². The van der Waals surface area contributed by atoms with E-state index >= 15 is 0 Å². The van der Waals surface area contributed by atoms with Gasteiger partial charge in [0.15, 0.2) is 0 Å². The van der Waals surface area contributed by atoms with E-state index in [2.05, 4.69) is 17.1 Å². The van der Waals surface area contributed by atoms with Crippen LogP contribution in [0.4, 0.5) is 0 Å². The van der Waals surface area contributed by atoms with E-state index in [4.69, 9.17) is 4.74 Å². The molecule has 3 saturated heterocycles. The highest BCUT2D eigenvalue weighted by Gasteiger charge is 2.40.